The highest BCUT2D eigenvalue weighted by Gasteiger charge is 2.34. The fourth-order valence-corrected chi connectivity index (χ4v) is 2.75. The first-order valence-electron chi connectivity index (χ1n) is 7.63. The Labute approximate surface area is 138 Å². The zero-order valence-corrected chi connectivity index (χ0v) is 15.5. The van der Waals surface area contributed by atoms with Crippen molar-refractivity contribution in [3.63, 3.8) is 0 Å². The van der Waals surface area contributed by atoms with Crippen LogP contribution in [0.2, 0.25) is 18.1 Å². The molecule has 6 N–H and O–H groups in total. The Morgan fingerprint density at radius 2 is 1.65 bits per heavy atom. The molecule has 0 aliphatic carbocycles. The molecule has 0 rings (SSSR count). The smallest absolute Gasteiger partial charge is 0.251 e. The van der Waals surface area contributed by atoms with Crippen LogP contribution in [0.4, 0.5) is 0 Å². The quantitative estimate of drug-likeness (QED) is 0.316. The SMILES string of the molecule is CC(C)(C)[Si](C)(C)C=CCNC(=O)[C@H](O)[C@@H](O)[C@H](O)[C@H](O)CO. The first-order chi connectivity index (χ1) is 10.3. The second-order valence-corrected chi connectivity index (χ2v) is 12.6. The Balaban J connectivity index is 4.51. The molecule has 4 atom stereocenters. The monoisotopic (exact) mass is 349 g/mol. The molecule has 0 fully saturated rings. The molecular formula is C15H31NO6Si. The number of hydrogen-bond acceptors (Lipinski definition) is 6. The molecule has 136 valence electrons. The molecule has 0 aromatic rings. The highest BCUT2D eigenvalue weighted by atomic mass is 28.3. The van der Waals surface area contributed by atoms with Crippen LogP contribution in [0.15, 0.2) is 11.8 Å². The van der Waals surface area contributed by atoms with E-state index in [1.807, 2.05) is 6.08 Å². The molecule has 8 heteroatoms. The zero-order chi connectivity index (χ0) is 18.4. The van der Waals surface area contributed by atoms with Gasteiger partial charge in [-0.3, -0.25) is 4.79 Å². The van der Waals surface area contributed by atoms with E-state index >= 15 is 0 Å². The van der Waals surface area contributed by atoms with Crippen LogP contribution in [-0.2, 0) is 4.79 Å². The predicted molar refractivity (Wildman–Crippen MR) is 90.5 cm³/mol. The summed E-state index contributed by atoms with van der Waals surface area (Å²) in [5, 5.41) is 49.2. The molecule has 0 radical (unpaired) electrons. The number of carbonyl (C=O) groups is 1. The van der Waals surface area contributed by atoms with E-state index in [-0.39, 0.29) is 11.6 Å². The highest BCUT2D eigenvalue weighted by molar-refractivity contribution is 6.84. The summed E-state index contributed by atoms with van der Waals surface area (Å²) in [7, 11) is -1.61. The van der Waals surface area contributed by atoms with E-state index in [1.165, 1.54) is 0 Å². The van der Waals surface area contributed by atoms with Crippen LogP contribution in [0, 0.1) is 0 Å². The molecule has 0 aromatic heterocycles. The Kier molecular flexibility index (Phi) is 8.61. The number of hydrogen-bond donors (Lipinski definition) is 6. The van der Waals surface area contributed by atoms with E-state index in [2.05, 4.69) is 44.9 Å². The van der Waals surface area contributed by atoms with Gasteiger partial charge in [0.2, 0.25) is 0 Å². The molecular weight excluding hydrogens is 318 g/mol. The summed E-state index contributed by atoms with van der Waals surface area (Å²) in [6.45, 7) is 10.3. The minimum atomic E-state index is -1.90. The van der Waals surface area contributed by atoms with Crippen molar-refractivity contribution in [2.75, 3.05) is 13.2 Å². The number of rotatable bonds is 8. The van der Waals surface area contributed by atoms with Gasteiger partial charge in [-0.05, 0) is 5.04 Å². The van der Waals surface area contributed by atoms with Crippen LogP contribution in [0.5, 0.6) is 0 Å². The average molecular weight is 350 g/mol. The number of amides is 1. The lowest BCUT2D eigenvalue weighted by atomic mass is 10.0. The number of aliphatic hydroxyl groups excluding tert-OH is 5. The molecule has 0 aromatic carbocycles. The van der Waals surface area contributed by atoms with Gasteiger partial charge in [-0.1, -0.05) is 45.6 Å². The maximum atomic E-state index is 11.7. The van der Waals surface area contributed by atoms with Crippen molar-refractivity contribution in [3.8, 4) is 0 Å². The summed E-state index contributed by atoms with van der Waals surface area (Å²) >= 11 is 0. The molecule has 0 aliphatic heterocycles. The van der Waals surface area contributed by atoms with Crippen LogP contribution in [0.25, 0.3) is 0 Å². The fourth-order valence-electron chi connectivity index (χ4n) is 1.55. The van der Waals surface area contributed by atoms with Crippen LogP contribution in [-0.4, -0.2) is 77.1 Å². The minimum absolute atomic E-state index is 0.174. The van der Waals surface area contributed by atoms with Gasteiger partial charge in [-0.25, -0.2) is 0 Å². The van der Waals surface area contributed by atoms with Crippen molar-refractivity contribution in [1.82, 2.24) is 5.32 Å². The molecule has 0 unspecified atom stereocenters. The molecule has 0 aliphatic rings. The summed E-state index contributed by atoms with van der Waals surface area (Å²) in [6, 6.07) is 0. The van der Waals surface area contributed by atoms with Gasteiger partial charge in [0.05, 0.1) is 14.7 Å². The average Bonchev–Trinajstić information content (AvgIpc) is 2.46. The van der Waals surface area contributed by atoms with E-state index in [9.17, 15) is 25.2 Å². The van der Waals surface area contributed by atoms with Crippen molar-refractivity contribution in [3.05, 3.63) is 11.8 Å². The second-order valence-electron chi connectivity index (χ2n) is 7.30. The number of nitrogens with one attached hydrogen (secondary N) is 1. The van der Waals surface area contributed by atoms with Gasteiger partial charge < -0.3 is 30.8 Å². The molecule has 0 spiro atoms. The van der Waals surface area contributed by atoms with Crippen LogP contribution in [0.3, 0.4) is 0 Å². The molecule has 23 heavy (non-hydrogen) atoms. The lowest BCUT2D eigenvalue weighted by Crippen LogP contribution is -2.51. The third kappa shape index (κ3) is 6.70. The highest BCUT2D eigenvalue weighted by Crippen LogP contribution is 2.36. The Morgan fingerprint density at radius 1 is 1.13 bits per heavy atom. The maximum absolute atomic E-state index is 11.7. The molecule has 0 heterocycles. The molecule has 1 amide bonds. The van der Waals surface area contributed by atoms with Crippen molar-refractivity contribution < 1.29 is 30.3 Å². The van der Waals surface area contributed by atoms with Crippen molar-refractivity contribution >= 4 is 14.0 Å². The van der Waals surface area contributed by atoms with E-state index in [4.69, 9.17) is 5.11 Å². The van der Waals surface area contributed by atoms with Crippen molar-refractivity contribution in [1.29, 1.82) is 0 Å². The fraction of sp³-hybridized carbons (Fsp3) is 0.800. The van der Waals surface area contributed by atoms with Gasteiger partial charge >= 0.3 is 0 Å². The van der Waals surface area contributed by atoms with Crippen LogP contribution in [0.1, 0.15) is 20.8 Å². The molecule has 0 bridgehead atoms. The standard InChI is InChI=1S/C15H31NO6Si/c1-15(2,3)23(4,5)8-6-7-16-14(22)13(21)12(20)11(19)10(18)9-17/h6,8,10-13,17-21H,7,9H2,1-5H3,(H,16,22)/t10-,11-,12+,13-/m1/s1. The van der Waals surface area contributed by atoms with E-state index in [1.54, 1.807) is 0 Å². The second kappa shape index (κ2) is 8.91. The normalized spacial score (nSPS) is 18.5. The third-order valence-corrected chi connectivity index (χ3v) is 9.32. The Morgan fingerprint density at radius 3 is 2.09 bits per heavy atom. The summed E-state index contributed by atoms with van der Waals surface area (Å²) in [5.41, 5.74) is 2.10. The van der Waals surface area contributed by atoms with Gasteiger partial charge in [0, 0.05) is 6.54 Å². The lowest BCUT2D eigenvalue weighted by Gasteiger charge is -2.34. The minimum Gasteiger partial charge on any atom is -0.394 e. The summed E-state index contributed by atoms with van der Waals surface area (Å²) in [5.74, 6) is -0.860. The van der Waals surface area contributed by atoms with Crippen LogP contribution < -0.4 is 5.32 Å². The molecule has 7 nitrogen and oxygen atoms in total. The van der Waals surface area contributed by atoms with Gasteiger partial charge in [-0.15, -0.1) is 0 Å². The van der Waals surface area contributed by atoms with Gasteiger partial charge in [0.25, 0.3) is 5.91 Å². The lowest BCUT2D eigenvalue weighted by molar-refractivity contribution is -0.148. The van der Waals surface area contributed by atoms with Crippen LogP contribution >= 0.6 is 0 Å². The predicted octanol–water partition coefficient (Wildman–Crippen LogP) is -0.858. The summed E-state index contributed by atoms with van der Waals surface area (Å²) in [4.78, 5) is 11.7. The van der Waals surface area contributed by atoms with Gasteiger partial charge in [-0.2, -0.15) is 0 Å². The van der Waals surface area contributed by atoms with Gasteiger partial charge in [0.15, 0.2) is 6.10 Å². The number of carbonyl (C=O) groups excluding carboxylic acids is 1. The van der Waals surface area contributed by atoms with E-state index in [0.717, 1.165) is 0 Å². The van der Waals surface area contributed by atoms with Crippen molar-refractivity contribution in [2.24, 2.45) is 0 Å². The molecule has 0 saturated carbocycles. The summed E-state index contributed by atoms with van der Waals surface area (Å²) < 4.78 is 0. The topological polar surface area (TPSA) is 130 Å². The third-order valence-electron chi connectivity index (χ3n) is 4.38. The van der Waals surface area contributed by atoms with Crippen molar-refractivity contribution in [2.45, 2.75) is 63.3 Å². The number of aliphatic hydroxyl groups is 5. The van der Waals surface area contributed by atoms with Gasteiger partial charge in [0.1, 0.15) is 18.3 Å². The zero-order valence-electron chi connectivity index (χ0n) is 14.5. The largest absolute Gasteiger partial charge is 0.394 e. The maximum Gasteiger partial charge on any atom is 0.251 e. The molecule has 0 saturated heterocycles. The summed E-state index contributed by atoms with van der Waals surface area (Å²) in [6.07, 6.45) is -5.42. The Bertz CT molecular complexity index is 407. The first-order valence-corrected chi connectivity index (χ1v) is 10.7. The first kappa shape index (κ1) is 22.2. The van der Waals surface area contributed by atoms with E-state index < -0.39 is 45.0 Å². The Hall–Kier alpha value is -0.773. The van der Waals surface area contributed by atoms with E-state index in [0.29, 0.717) is 0 Å².